The van der Waals surface area contributed by atoms with Gasteiger partial charge in [-0.15, -0.1) is 0 Å². The largest absolute Gasteiger partial charge is 0.470 e. The number of aliphatic hydroxyl groups is 4. The first kappa shape index (κ1) is 18.1. The van der Waals surface area contributed by atoms with Crippen molar-refractivity contribution in [2.24, 2.45) is 0 Å². The Morgan fingerprint density at radius 1 is 0.600 bits per heavy atom. The van der Waals surface area contributed by atoms with E-state index in [2.05, 4.69) is 9.05 Å². The first-order valence-electron chi connectivity index (χ1n) is 5.03. The summed E-state index contributed by atoms with van der Waals surface area (Å²) in [5.74, 6) is 0. The van der Waals surface area contributed by atoms with Crippen molar-refractivity contribution < 1.29 is 58.2 Å². The van der Waals surface area contributed by atoms with Gasteiger partial charge in [0.2, 0.25) is 0 Å². The van der Waals surface area contributed by atoms with E-state index in [4.69, 9.17) is 19.6 Å². The van der Waals surface area contributed by atoms with E-state index in [-0.39, 0.29) is 0 Å². The molecule has 1 rings (SSSR count). The van der Waals surface area contributed by atoms with Crippen molar-refractivity contribution in [1.82, 2.24) is 0 Å². The van der Waals surface area contributed by atoms with Gasteiger partial charge in [-0.2, -0.15) is 0 Å². The SMILES string of the molecule is O=P(O)(O)O[C@@H]1[C@@H](O)[C@H](O)[C@H](O)[C@H](O)[C@H]1OP(=O)(O)O. The highest BCUT2D eigenvalue weighted by atomic mass is 31.2. The average molecular weight is 340 g/mol. The molecule has 0 aromatic rings. The van der Waals surface area contributed by atoms with Crippen LogP contribution >= 0.6 is 15.6 Å². The summed E-state index contributed by atoms with van der Waals surface area (Å²) < 4.78 is 29.6. The number of phosphoric acid groups is 2. The molecular formula is C6H14O12P2. The van der Waals surface area contributed by atoms with Crippen LogP contribution in [0.1, 0.15) is 0 Å². The van der Waals surface area contributed by atoms with E-state index in [9.17, 15) is 29.6 Å². The average Bonchev–Trinajstić information content (AvgIpc) is 2.25. The van der Waals surface area contributed by atoms with Crippen LogP contribution in [0.3, 0.4) is 0 Å². The van der Waals surface area contributed by atoms with E-state index in [1.807, 2.05) is 0 Å². The van der Waals surface area contributed by atoms with E-state index in [0.717, 1.165) is 0 Å². The molecule has 0 bridgehead atoms. The molecule has 0 amide bonds. The van der Waals surface area contributed by atoms with Gasteiger partial charge >= 0.3 is 15.6 Å². The number of hydrogen-bond donors (Lipinski definition) is 8. The van der Waals surface area contributed by atoms with Crippen LogP contribution in [0.2, 0.25) is 0 Å². The maximum Gasteiger partial charge on any atom is 0.470 e. The van der Waals surface area contributed by atoms with Crippen LogP contribution in [0.5, 0.6) is 0 Å². The van der Waals surface area contributed by atoms with E-state index >= 15 is 0 Å². The number of rotatable bonds is 4. The lowest BCUT2D eigenvalue weighted by atomic mass is 9.85. The lowest BCUT2D eigenvalue weighted by Crippen LogP contribution is -2.64. The summed E-state index contributed by atoms with van der Waals surface area (Å²) in [5, 5.41) is 37.8. The lowest BCUT2D eigenvalue weighted by molar-refractivity contribution is -0.216. The quantitative estimate of drug-likeness (QED) is 0.233. The molecule has 1 aliphatic carbocycles. The van der Waals surface area contributed by atoms with Gasteiger partial charge in [-0.05, 0) is 0 Å². The topological polar surface area (TPSA) is 214 Å². The normalized spacial score (nSPS) is 39.8. The third-order valence-electron chi connectivity index (χ3n) is 2.56. The van der Waals surface area contributed by atoms with Crippen molar-refractivity contribution in [3.63, 3.8) is 0 Å². The number of phosphoric ester groups is 2. The van der Waals surface area contributed by atoms with Crippen molar-refractivity contribution in [2.75, 3.05) is 0 Å². The molecule has 0 heterocycles. The molecule has 6 atom stereocenters. The number of hydrogen-bond acceptors (Lipinski definition) is 8. The van der Waals surface area contributed by atoms with Crippen LogP contribution in [0.4, 0.5) is 0 Å². The smallest absolute Gasteiger partial charge is 0.387 e. The Kier molecular flexibility index (Phi) is 5.48. The van der Waals surface area contributed by atoms with Crippen LogP contribution in [-0.2, 0) is 18.2 Å². The first-order chi connectivity index (χ1) is 8.83. The fourth-order valence-corrected chi connectivity index (χ4v) is 2.87. The summed E-state index contributed by atoms with van der Waals surface area (Å²) in [7, 11) is -10.5. The molecule has 12 nitrogen and oxygen atoms in total. The summed E-state index contributed by atoms with van der Waals surface area (Å²) >= 11 is 0. The molecule has 8 N–H and O–H groups in total. The second-order valence-corrected chi connectivity index (χ2v) is 6.47. The molecular weight excluding hydrogens is 326 g/mol. The highest BCUT2D eigenvalue weighted by Crippen LogP contribution is 2.46. The van der Waals surface area contributed by atoms with Crippen LogP contribution in [0.15, 0.2) is 0 Å². The molecule has 0 saturated heterocycles. The lowest BCUT2D eigenvalue weighted by Gasteiger charge is -2.42. The minimum atomic E-state index is -5.24. The zero-order valence-corrected chi connectivity index (χ0v) is 11.4. The first-order valence-corrected chi connectivity index (χ1v) is 8.10. The minimum absolute atomic E-state index is 2.07. The van der Waals surface area contributed by atoms with Crippen LogP contribution in [0, 0.1) is 0 Å². The van der Waals surface area contributed by atoms with Crippen molar-refractivity contribution in [3.8, 4) is 0 Å². The summed E-state index contributed by atoms with van der Waals surface area (Å²) in [6, 6.07) is 0. The molecule has 0 radical (unpaired) electrons. The van der Waals surface area contributed by atoms with E-state index < -0.39 is 52.3 Å². The maximum absolute atomic E-state index is 10.7. The third-order valence-corrected chi connectivity index (χ3v) is 3.60. The van der Waals surface area contributed by atoms with Crippen LogP contribution in [0.25, 0.3) is 0 Å². The van der Waals surface area contributed by atoms with Crippen molar-refractivity contribution in [2.45, 2.75) is 36.6 Å². The molecule has 0 aromatic carbocycles. The molecule has 20 heavy (non-hydrogen) atoms. The van der Waals surface area contributed by atoms with Gasteiger partial charge < -0.3 is 40.0 Å². The molecule has 14 heteroatoms. The summed E-state index contributed by atoms with van der Waals surface area (Å²) in [5.41, 5.74) is 0. The Balaban J connectivity index is 3.09. The summed E-state index contributed by atoms with van der Waals surface area (Å²) in [6.45, 7) is 0. The number of aliphatic hydroxyl groups excluding tert-OH is 4. The van der Waals surface area contributed by atoms with Crippen molar-refractivity contribution in [1.29, 1.82) is 0 Å². The fourth-order valence-electron chi connectivity index (χ4n) is 1.74. The molecule has 1 fully saturated rings. The Hall–Kier alpha value is 0.0600. The van der Waals surface area contributed by atoms with Gasteiger partial charge in [0.1, 0.15) is 36.6 Å². The van der Waals surface area contributed by atoms with Gasteiger partial charge in [-0.1, -0.05) is 0 Å². The van der Waals surface area contributed by atoms with Gasteiger partial charge in [0.25, 0.3) is 0 Å². The molecule has 120 valence electrons. The van der Waals surface area contributed by atoms with E-state index in [1.54, 1.807) is 0 Å². The Labute approximate surface area is 111 Å². The molecule has 0 aromatic heterocycles. The second kappa shape index (κ2) is 6.05. The van der Waals surface area contributed by atoms with Gasteiger partial charge in [-0.3, -0.25) is 9.05 Å². The molecule has 0 unspecified atom stereocenters. The molecule has 0 aliphatic heterocycles. The highest BCUT2D eigenvalue weighted by molar-refractivity contribution is 7.46. The Bertz CT molecular complexity index is 388. The second-order valence-electron chi connectivity index (χ2n) is 4.08. The standard InChI is InChI=1S/C6H14O12P2/c7-1-2(8)4(10)6(18-20(14,15)16)5(3(1)9)17-19(11,12)13/h1-10H,(H2,11,12,13)(H2,14,15,16)/t1-,2+,3-,4-,5+,6+/m0/s1. The van der Waals surface area contributed by atoms with Gasteiger partial charge in [0.15, 0.2) is 0 Å². The molecule has 0 spiro atoms. The third kappa shape index (κ3) is 4.53. The van der Waals surface area contributed by atoms with Gasteiger partial charge in [0, 0.05) is 0 Å². The zero-order valence-electron chi connectivity index (χ0n) is 9.57. The maximum atomic E-state index is 10.7. The van der Waals surface area contributed by atoms with E-state index in [0.29, 0.717) is 0 Å². The fraction of sp³-hybridized carbons (Fsp3) is 1.00. The van der Waals surface area contributed by atoms with Crippen LogP contribution in [-0.4, -0.2) is 76.6 Å². The minimum Gasteiger partial charge on any atom is -0.387 e. The van der Waals surface area contributed by atoms with E-state index in [1.165, 1.54) is 0 Å². The highest BCUT2D eigenvalue weighted by Gasteiger charge is 2.53. The zero-order chi connectivity index (χ0) is 15.9. The summed E-state index contributed by atoms with van der Waals surface area (Å²) in [4.78, 5) is 34.6. The summed E-state index contributed by atoms with van der Waals surface area (Å²) in [6.07, 6.45) is -12.8. The molecule has 1 saturated carbocycles. The molecule has 1 aliphatic rings. The Morgan fingerprint density at radius 2 is 0.850 bits per heavy atom. The van der Waals surface area contributed by atoms with Gasteiger partial charge in [0.05, 0.1) is 0 Å². The van der Waals surface area contributed by atoms with Crippen LogP contribution < -0.4 is 0 Å². The van der Waals surface area contributed by atoms with Gasteiger partial charge in [-0.25, -0.2) is 9.13 Å². The Morgan fingerprint density at radius 3 is 1.05 bits per heavy atom. The predicted octanol–water partition coefficient (Wildman–Crippen LogP) is -3.60. The van der Waals surface area contributed by atoms with Crippen molar-refractivity contribution in [3.05, 3.63) is 0 Å². The predicted molar refractivity (Wildman–Crippen MR) is 57.9 cm³/mol. The van der Waals surface area contributed by atoms with Crippen molar-refractivity contribution >= 4 is 15.6 Å². The monoisotopic (exact) mass is 340 g/mol.